The molecule has 150 valence electrons. The largest absolute Gasteiger partial charge is 0.497 e. The van der Waals surface area contributed by atoms with Crippen LogP contribution in [0.4, 0.5) is 0 Å². The Bertz CT molecular complexity index is 944. The fraction of sp³-hybridized carbons (Fsp3) is 0.381. The van der Waals surface area contributed by atoms with Gasteiger partial charge in [-0.1, -0.05) is 36.4 Å². The second-order valence-electron chi connectivity index (χ2n) is 7.11. The van der Waals surface area contributed by atoms with Crippen molar-refractivity contribution < 1.29 is 17.9 Å². The number of amides is 1. The Kier molecular flexibility index (Phi) is 6.05. The van der Waals surface area contributed by atoms with E-state index in [9.17, 15) is 13.2 Å². The Morgan fingerprint density at radius 3 is 2.57 bits per heavy atom. The molecule has 28 heavy (non-hydrogen) atoms. The highest BCUT2D eigenvalue weighted by Gasteiger charge is 2.33. The number of likely N-dealkylation sites (N-methyl/N-ethyl adjacent to an activating group) is 1. The zero-order chi connectivity index (χ0) is 20.3. The molecule has 6 nitrogen and oxygen atoms in total. The first kappa shape index (κ1) is 20.4. The molecule has 2 atom stereocenters. The summed E-state index contributed by atoms with van der Waals surface area (Å²) in [4.78, 5) is 13.2. The van der Waals surface area contributed by atoms with Crippen molar-refractivity contribution >= 4 is 15.9 Å². The molecule has 1 amide bonds. The monoisotopic (exact) mass is 402 g/mol. The molecule has 0 radical (unpaired) electrons. The zero-order valence-corrected chi connectivity index (χ0v) is 17.2. The van der Waals surface area contributed by atoms with E-state index < -0.39 is 16.1 Å². The van der Waals surface area contributed by atoms with Gasteiger partial charge in [0, 0.05) is 7.05 Å². The molecule has 1 N–H and O–H groups in total. The van der Waals surface area contributed by atoms with Crippen molar-refractivity contribution in [1.82, 2.24) is 9.62 Å². The highest BCUT2D eigenvalue weighted by molar-refractivity contribution is 7.88. The molecule has 2 aromatic rings. The van der Waals surface area contributed by atoms with Crippen LogP contribution in [0.2, 0.25) is 0 Å². The average molecular weight is 403 g/mol. The summed E-state index contributed by atoms with van der Waals surface area (Å²) >= 11 is 0. The van der Waals surface area contributed by atoms with E-state index >= 15 is 0 Å². The van der Waals surface area contributed by atoms with Crippen LogP contribution in [0.3, 0.4) is 0 Å². The molecule has 0 unspecified atom stereocenters. The molecule has 0 bridgehead atoms. The lowest BCUT2D eigenvalue weighted by molar-refractivity contribution is -0.125. The smallest absolute Gasteiger partial charge is 0.243 e. The number of hydrogen-bond acceptors (Lipinski definition) is 4. The molecular weight excluding hydrogens is 376 g/mol. The van der Waals surface area contributed by atoms with E-state index in [4.69, 9.17) is 4.74 Å². The number of rotatable bonds is 6. The number of hydrogen-bond donors (Lipinski definition) is 1. The van der Waals surface area contributed by atoms with Gasteiger partial charge >= 0.3 is 0 Å². The van der Waals surface area contributed by atoms with Crippen LogP contribution in [0.15, 0.2) is 48.5 Å². The Labute approximate surface area is 166 Å². The molecule has 0 saturated carbocycles. The minimum atomic E-state index is -3.55. The summed E-state index contributed by atoms with van der Waals surface area (Å²) in [7, 11) is -0.479. The van der Waals surface area contributed by atoms with Crippen LogP contribution in [0.5, 0.6) is 5.75 Å². The van der Waals surface area contributed by atoms with Crippen LogP contribution >= 0.6 is 0 Å². The summed E-state index contributed by atoms with van der Waals surface area (Å²) in [5, 5.41) is 3.08. The highest BCUT2D eigenvalue weighted by atomic mass is 32.2. The molecule has 1 aliphatic rings. The fourth-order valence-corrected chi connectivity index (χ4v) is 4.27. The van der Waals surface area contributed by atoms with Gasteiger partial charge in [0.1, 0.15) is 11.8 Å². The number of methoxy groups -OCH3 is 1. The maximum atomic E-state index is 13.2. The van der Waals surface area contributed by atoms with Crippen molar-refractivity contribution in [2.75, 3.05) is 20.4 Å². The standard InChI is InChI=1S/C21H26N2O4S/c1-23(28(3,25)26)20(15-8-5-4-6-9-15)21(24)22-19-11-7-10-16-14-17(27-2)12-13-18(16)19/h4-6,8-9,12-14,19-20H,7,10-11H2,1-3H3,(H,22,24)/t19-,20-/m1/s1. The van der Waals surface area contributed by atoms with Gasteiger partial charge in [0.2, 0.25) is 15.9 Å². The van der Waals surface area contributed by atoms with Crippen LogP contribution in [0.1, 0.15) is 41.6 Å². The third-order valence-corrected chi connectivity index (χ3v) is 6.49. The van der Waals surface area contributed by atoms with Crippen LogP contribution in [-0.4, -0.2) is 39.0 Å². The van der Waals surface area contributed by atoms with Crippen LogP contribution < -0.4 is 10.1 Å². The van der Waals surface area contributed by atoms with Gasteiger partial charge in [-0.3, -0.25) is 4.79 Å². The van der Waals surface area contributed by atoms with Crippen molar-refractivity contribution in [3.8, 4) is 5.75 Å². The highest BCUT2D eigenvalue weighted by Crippen LogP contribution is 2.33. The molecular formula is C21H26N2O4S. The van der Waals surface area contributed by atoms with Crippen molar-refractivity contribution in [1.29, 1.82) is 0 Å². The number of sulfonamides is 1. The lowest BCUT2D eigenvalue weighted by Crippen LogP contribution is -2.43. The minimum absolute atomic E-state index is 0.152. The number of nitrogens with zero attached hydrogens (tertiary/aromatic N) is 1. The topological polar surface area (TPSA) is 75.7 Å². The average Bonchev–Trinajstić information content (AvgIpc) is 2.68. The normalized spacial score (nSPS) is 17.6. The lowest BCUT2D eigenvalue weighted by atomic mass is 9.87. The van der Waals surface area contributed by atoms with Gasteiger partial charge in [0.25, 0.3) is 0 Å². The number of ether oxygens (including phenoxy) is 1. The van der Waals surface area contributed by atoms with E-state index in [0.717, 1.165) is 46.7 Å². The minimum Gasteiger partial charge on any atom is -0.497 e. The van der Waals surface area contributed by atoms with Gasteiger partial charge < -0.3 is 10.1 Å². The molecule has 0 aromatic heterocycles. The van der Waals surface area contributed by atoms with Crippen LogP contribution in [-0.2, 0) is 21.2 Å². The third-order valence-electron chi connectivity index (χ3n) is 5.23. The van der Waals surface area contributed by atoms with Gasteiger partial charge in [-0.2, -0.15) is 4.31 Å². The first-order valence-corrected chi connectivity index (χ1v) is 11.1. The van der Waals surface area contributed by atoms with Crippen molar-refractivity contribution in [2.24, 2.45) is 0 Å². The summed E-state index contributed by atoms with van der Waals surface area (Å²) < 4.78 is 30.7. The number of benzene rings is 2. The molecule has 0 heterocycles. The number of carbonyl (C=O) groups is 1. The summed E-state index contributed by atoms with van der Waals surface area (Å²) in [5.41, 5.74) is 2.86. The van der Waals surface area contributed by atoms with Crippen LogP contribution in [0.25, 0.3) is 0 Å². The van der Waals surface area contributed by atoms with Crippen molar-refractivity contribution in [3.63, 3.8) is 0 Å². The van der Waals surface area contributed by atoms with Gasteiger partial charge in [-0.05, 0) is 48.1 Å². The Morgan fingerprint density at radius 2 is 1.93 bits per heavy atom. The summed E-state index contributed by atoms with van der Waals surface area (Å²) in [5.74, 6) is 0.470. The third kappa shape index (κ3) is 4.36. The number of aryl methyl sites for hydroxylation is 1. The second-order valence-corrected chi connectivity index (χ2v) is 9.15. The van der Waals surface area contributed by atoms with E-state index in [-0.39, 0.29) is 11.9 Å². The van der Waals surface area contributed by atoms with E-state index in [0.29, 0.717) is 5.56 Å². The van der Waals surface area contributed by atoms with E-state index in [2.05, 4.69) is 5.32 Å². The first-order chi connectivity index (χ1) is 13.3. The number of carbonyl (C=O) groups excluding carboxylic acids is 1. The van der Waals surface area contributed by atoms with E-state index in [1.165, 1.54) is 7.05 Å². The maximum absolute atomic E-state index is 13.2. The molecule has 1 aliphatic carbocycles. The zero-order valence-electron chi connectivity index (χ0n) is 16.4. The SMILES string of the molecule is COc1ccc2c(c1)CCC[C@H]2NC(=O)[C@@H](c1ccccc1)N(C)S(C)(=O)=O. The molecule has 0 fully saturated rings. The molecule has 0 saturated heterocycles. The van der Waals surface area contributed by atoms with Crippen molar-refractivity contribution in [3.05, 3.63) is 65.2 Å². The van der Waals surface area contributed by atoms with Crippen molar-refractivity contribution in [2.45, 2.75) is 31.3 Å². The second kappa shape index (κ2) is 8.32. The maximum Gasteiger partial charge on any atom is 0.243 e. The summed E-state index contributed by atoms with van der Waals surface area (Å²) in [6.07, 6.45) is 3.81. The fourth-order valence-electron chi connectivity index (χ4n) is 3.67. The number of fused-ring (bicyclic) bond motifs is 1. The van der Waals surface area contributed by atoms with Gasteiger partial charge in [0.15, 0.2) is 0 Å². The lowest BCUT2D eigenvalue weighted by Gasteiger charge is -2.31. The quantitative estimate of drug-likeness (QED) is 0.806. The van der Waals surface area contributed by atoms with E-state index in [1.807, 2.05) is 24.3 Å². The molecule has 0 spiro atoms. The van der Waals surface area contributed by atoms with Crippen LogP contribution in [0, 0.1) is 0 Å². The summed E-state index contributed by atoms with van der Waals surface area (Å²) in [6.45, 7) is 0. The molecule has 2 aromatic carbocycles. The first-order valence-electron chi connectivity index (χ1n) is 9.26. The number of nitrogens with one attached hydrogen (secondary N) is 1. The molecule has 3 rings (SSSR count). The molecule has 0 aliphatic heterocycles. The summed E-state index contributed by atoms with van der Waals surface area (Å²) in [6, 6.07) is 13.8. The predicted octanol–water partition coefficient (Wildman–Crippen LogP) is 2.82. The van der Waals surface area contributed by atoms with Gasteiger partial charge in [0.05, 0.1) is 19.4 Å². The Hall–Kier alpha value is -2.38. The Balaban J connectivity index is 1.89. The predicted molar refractivity (Wildman–Crippen MR) is 109 cm³/mol. The molecule has 7 heteroatoms. The van der Waals surface area contributed by atoms with E-state index in [1.54, 1.807) is 31.4 Å². The van der Waals surface area contributed by atoms with Gasteiger partial charge in [-0.15, -0.1) is 0 Å². The Morgan fingerprint density at radius 1 is 1.21 bits per heavy atom. The van der Waals surface area contributed by atoms with Gasteiger partial charge in [-0.25, -0.2) is 8.42 Å².